The Balaban J connectivity index is 1.67. The number of carbonyl (C=O) groups is 1. The number of aromatic nitrogens is 2. The maximum Gasteiger partial charge on any atom is 0.262 e. The molecule has 1 aliphatic rings. The van der Waals surface area contributed by atoms with Crippen molar-refractivity contribution in [1.29, 1.82) is 0 Å². The molecule has 0 aliphatic heterocycles. The number of benzene rings is 2. The second-order valence-electron chi connectivity index (χ2n) is 6.92. The van der Waals surface area contributed by atoms with Gasteiger partial charge < -0.3 is 5.32 Å². The SMILES string of the molecule is Cc1ccc(Cn2c(SCC(=O)NC3CC3)nc3ccccc3c2=O)cc1. The summed E-state index contributed by atoms with van der Waals surface area (Å²) in [6.45, 7) is 2.47. The van der Waals surface area contributed by atoms with E-state index < -0.39 is 0 Å². The van der Waals surface area contributed by atoms with Crippen molar-refractivity contribution in [2.24, 2.45) is 0 Å². The Bertz CT molecular complexity index is 1040. The van der Waals surface area contributed by atoms with Crippen LogP contribution in [-0.2, 0) is 11.3 Å². The number of aryl methyl sites for hydroxylation is 1. The Morgan fingerprint density at radius 3 is 2.67 bits per heavy atom. The van der Waals surface area contributed by atoms with Gasteiger partial charge in [0.25, 0.3) is 5.56 Å². The molecule has 0 spiro atoms. The monoisotopic (exact) mass is 379 g/mol. The Hall–Kier alpha value is -2.60. The molecular formula is C21H21N3O2S. The molecule has 138 valence electrons. The van der Waals surface area contributed by atoms with Crippen LogP contribution in [0, 0.1) is 6.92 Å². The zero-order chi connectivity index (χ0) is 18.8. The standard InChI is InChI=1S/C21H21N3O2S/c1-14-6-8-15(9-7-14)12-24-20(26)17-4-2-3-5-18(17)23-21(24)27-13-19(25)22-16-10-11-16/h2-9,16H,10-13H2,1H3,(H,22,25). The highest BCUT2D eigenvalue weighted by Crippen LogP contribution is 2.21. The lowest BCUT2D eigenvalue weighted by atomic mass is 10.1. The normalized spacial score (nSPS) is 13.7. The number of nitrogens with one attached hydrogen (secondary N) is 1. The van der Waals surface area contributed by atoms with Crippen molar-refractivity contribution in [1.82, 2.24) is 14.9 Å². The van der Waals surface area contributed by atoms with E-state index in [1.807, 2.05) is 49.4 Å². The predicted octanol–water partition coefficient (Wildman–Crippen LogP) is 3.12. The first-order valence-electron chi connectivity index (χ1n) is 9.07. The molecule has 1 fully saturated rings. The minimum Gasteiger partial charge on any atom is -0.353 e. The van der Waals surface area contributed by atoms with E-state index in [2.05, 4.69) is 10.3 Å². The summed E-state index contributed by atoms with van der Waals surface area (Å²) in [5, 5.41) is 4.14. The number of carbonyl (C=O) groups excluding carboxylic acids is 1. The van der Waals surface area contributed by atoms with Crippen molar-refractivity contribution in [2.75, 3.05) is 5.75 Å². The van der Waals surface area contributed by atoms with Crippen LogP contribution in [0.2, 0.25) is 0 Å². The first-order valence-corrected chi connectivity index (χ1v) is 10.1. The third-order valence-corrected chi connectivity index (χ3v) is 5.54. The summed E-state index contributed by atoms with van der Waals surface area (Å²) in [6, 6.07) is 15.8. The molecule has 1 heterocycles. The molecule has 1 aliphatic carbocycles. The molecule has 5 nitrogen and oxygen atoms in total. The molecule has 1 aromatic heterocycles. The highest BCUT2D eigenvalue weighted by Gasteiger charge is 2.23. The number of rotatable bonds is 6. The summed E-state index contributed by atoms with van der Waals surface area (Å²) in [6.07, 6.45) is 2.12. The number of fused-ring (bicyclic) bond motifs is 1. The van der Waals surface area contributed by atoms with Crippen LogP contribution in [0.1, 0.15) is 24.0 Å². The van der Waals surface area contributed by atoms with Gasteiger partial charge in [-0.2, -0.15) is 0 Å². The number of thioether (sulfide) groups is 1. The van der Waals surface area contributed by atoms with E-state index in [-0.39, 0.29) is 17.2 Å². The highest BCUT2D eigenvalue weighted by atomic mass is 32.2. The van der Waals surface area contributed by atoms with Crippen LogP contribution in [0.5, 0.6) is 0 Å². The van der Waals surface area contributed by atoms with Crippen LogP contribution < -0.4 is 10.9 Å². The number of para-hydroxylation sites is 1. The molecular weight excluding hydrogens is 358 g/mol. The Morgan fingerprint density at radius 1 is 1.19 bits per heavy atom. The molecule has 1 saturated carbocycles. The maximum atomic E-state index is 13.1. The van der Waals surface area contributed by atoms with Gasteiger partial charge in [0.1, 0.15) is 0 Å². The lowest BCUT2D eigenvalue weighted by molar-refractivity contribution is -0.118. The van der Waals surface area contributed by atoms with Crippen molar-refractivity contribution in [3.05, 3.63) is 70.0 Å². The molecule has 0 radical (unpaired) electrons. The molecule has 0 saturated heterocycles. The van der Waals surface area contributed by atoms with Gasteiger partial charge in [-0.1, -0.05) is 53.7 Å². The zero-order valence-corrected chi connectivity index (χ0v) is 16.0. The van der Waals surface area contributed by atoms with Crippen LogP contribution >= 0.6 is 11.8 Å². The molecule has 1 N–H and O–H groups in total. The van der Waals surface area contributed by atoms with Gasteiger partial charge in [0.2, 0.25) is 5.91 Å². The van der Waals surface area contributed by atoms with Crippen LogP contribution in [-0.4, -0.2) is 27.3 Å². The van der Waals surface area contributed by atoms with Gasteiger partial charge >= 0.3 is 0 Å². The van der Waals surface area contributed by atoms with Gasteiger partial charge in [0, 0.05) is 6.04 Å². The van der Waals surface area contributed by atoms with E-state index in [4.69, 9.17) is 0 Å². The lowest BCUT2D eigenvalue weighted by Crippen LogP contribution is -2.28. The average molecular weight is 379 g/mol. The summed E-state index contributed by atoms with van der Waals surface area (Å²) >= 11 is 1.32. The van der Waals surface area contributed by atoms with E-state index >= 15 is 0 Å². The van der Waals surface area contributed by atoms with E-state index in [1.165, 1.54) is 17.3 Å². The third kappa shape index (κ3) is 4.22. The molecule has 0 unspecified atom stereocenters. The number of nitrogens with zero attached hydrogens (tertiary/aromatic N) is 2. The van der Waals surface area contributed by atoms with Gasteiger partial charge in [-0.05, 0) is 37.5 Å². The van der Waals surface area contributed by atoms with Crippen LogP contribution in [0.4, 0.5) is 0 Å². The van der Waals surface area contributed by atoms with Crippen molar-refractivity contribution >= 4 is 28.6 Å². The molecule has 2 aromatic carbocycles. The first kappa shape index (κ1) is 17.8. The minimum atomic E-state index is -0.0775. The van der Waals surface area contributed by atoms with Crippen LogP contribution in [0.3, 0.4) is 0 Å². The zero-order valence-electron chi connectivity index (χ0n) is 15.1. The molecule has 27 heavy (non-hydrogen) atoms. The Kier molecular flexibility index (Phi) is 4.99. The van der Waals surface area contributed by atoms with E-state index in [0.29, 0.717) is 28.6 Å². The van der Waals surface area contributed by atoms with Crippen LogP contribution in [0.15, 0.2) is 58.5 Å². The summed E-state index contributed by atoms with van der Waals surface area (Å²) < 4.78 is 1.67. The number of amides is 1. The van der Waals surface area contributed by atoms with Gasteiger partial charge in [-0.15, -0.1) is 0 Å². The summed E-state index contributed by atoms with van der Waals surface area (Å²) in [7, 11) is 0. The molecule has 0 atom stereocenters. The molecule has 6 heteroatoms. The molecule has 3 aromatic rings. The smallest absolute Gasteiger partial charge is 0.262 e. The summed E-state index contributed by atoms with van der Waals surface area (Å²) in [4.78, 5) is 29.8. The second-order valence-corrected chi connectivity index (χ2v) is 7.86. The quantitative estimate of drug-likeness (QED) is 0.528. The largest absolute Gasteiger partial charge is 0.353 e. The lowest BCUT2D eigenvalue weighted by Gasteiger charge is -2.13. The predicted molar refractivity (Wildman–Crippen MR) is 108 cm³/mol. The fourth-order valence-corrected chi connectivity index (χ4v) is 3.71. The van der Waals surface area contributed by atoms with Crippen molar-refractivity contribution < 1.29 is 4.79 Å². The summed E-state index contributed by atoms with van der Waals surface area (Å²) in [5.41, 5.74) is 2.79. The van der Waals surface area contributed by atoms with Crippen molar-refractivity contribution in [3.8, 4) is 0 Å². The van der Waals surface area contributed by atoms with Gasteiger partial charge in [-0.25, -0.2) is 4.98 Å². The van der Waals surface area contributed by atoms with Gasteiger partial charge in [-0.3, -0.25) is 14.2 Å². The fourth-order valence-electron chi connectivity index (χ4n) is 2.90. The van der Waals surface area contributed by atoms with Crippen molar-refractivity contribution in [3.63, 3.8) is 0 Å². The Morgan fingerprint density at radius 2 is 1.93 bits per heavy atom. The fraction of sp³-hybridized carbons (Fsp3) is 0.286. The highest BCUT2D eigenvalue weighted by molar-refractivity contribution is 7.99. The van der Waals surface area contributed by atoms with E-state index in [1.54, 1.807) is 10.6 Å². The van der Waals surface area contributed by atoms with Crippen LogP contribution in [0.25, 0.3) is 10.9 Å². The van der Waals surface area contributed by atoms with Crippen molar-refractivity contribution in [2.45, 2.75) is 37.5 Å². The van der Waals surface area contributed by atoms with Gasteiger partial charge in [0.15, 0.2) is 5.16 Å². The number of hydrogen-bond donors (Lipinski definition) is 1. The topological polar surface area (TPSA) is 64.0 Å². The third-order valence-electron chi connectivity index (χ3n) is 4.56. The van der Waals surface area contributed by atoms with Gasteiger partial charge in [0.05, 0.1) is 23.2 Å². The maximum absolute atomic E-state index is 13.1. The molecule has 1 amide bonds. The average Bonchev–Trinajstić information content (AvgIpc) is 3.48. The summed E-state index contributed by atoms with van der Waals surface area (Å²) in [5.74, 6) is 0.252. The molecule has 0 bridgehead atoms. The minimum absolute atomic E-state index is 0.00760. The number of hydrogen-bond acceptors (Lipinski definition) is 4. The van der Waals surface area contributed by atoms with E-state index in [0.717, 1.165) is 18.4 Å². The molecule has 4 rings (SSSR count). The Labute approximate surface area is 161 Å². The second kappa shape index (κ2) is 7.56. The first-order chi connectivity index (χ1) is 13.1. The van der Waals surface area contributed by atoms with E-state index in [9.17, 15) is 9.59 Å².